The van der Waals surface area contributed by atoms with E-state index in [0.717, 1.165) is 138 Å². The molecule has 0 radical (unpaired) electrons. The molecule has 0 atom stereocenters. The van der Waals surface area contributed by atoms with E-state index in [-0.39, 0.29) is 49.7 Å². The number of ether oxygens (including phenoxy) is 3. The maximum atomic E-state index is 12.6. The second-order valence-electron chi connectivity index (χ2n) is 32.1. The molecule has 3 aliphatic rings. The molecule has 718 valence electrons. The molecule has 17 aromatic rings. The van der Waals surface area contributed by atoms with Crippen LogP contribution in [0, 0.1) is 13.8 Å². The Bertz CT molecular complexity index is 7530. The number of amides is 2. The van der Waals surface area contributed by atoms with Crippen LogP contribution < -0.4 is 0 Å². The van der Waals surface area contributed by atoms with Gasteiger partial charge in [0.05, 0.1) is 37.6 Å². The van der Waals surface area contributed by atoms with Crippen LogP contribution >= 0.6 is 118 Å². The predicted molar refractivity (Wildman–Crippen MR) is 594 cm³/mol. The minimum absolute atomic E-state index is 0.0685. The van der Waals surface area contributed by atoms with Gasteiger partial charge in [0.15, 0.2) is 12.6 Å². The smallest absolute Gasteiger partial charge is 0.379 e. The van der Waals surface area contributed by atoms with Crippen LogP contribution in [0.5, 0.6) is 0 Å². The van der Waals surface area contributed by atoms with E-state index in [1.54, 1.807) is 75.4 Å². The van der Waals surface area contributed by atoms with Crippen molar-refractivity contribution in [3.63, 3.8) is 0 Å². The molecule has 0 saturated heterocycles. The summed E-state index contributed by atoms with van der Waals surface area (Å²) in [6, 6.07) is 105. The average molecular weight is 2390 g/mol. The fourth-order valence-electron chi connectivity index (χ4n) is 16.3. The molecule has 24 heteroatoms. The first kappa shape index (κ1) is 108. The number of aldehydes is 2. The highest BCUT2D eigenvalue weighted by Crippen LogP contribution is 2.37. The predicted octanol–water partition coefficient (Wildman–Crippen LogP) is 29.3. The Balaban J connectivity index is 0.000000145. The molecule has 0 fully saturated rings. The summed E-state index contributed by atoms with van der Waals surface area (Å²) in [5.41, 5.74) is 13.5. The number of hydroxylamine groups is 2. The first-order valence-electron chi connectivity index (χ1n) is 45.4. The van der Waals surface area contributed by atoms with Crippen molar-refractivity contribution < 1.29 is 76.9 Å². The molecule has 0 spiro atoms. The van der Waals surface area contributed by atoms with Gasteiger partial charge < -0.3 is 19.3 Å². The number of carbonyl (C=O) groups excluding carboxylic acids is 11. The number of fused-ring (bicyclic) bond motifs is 10. The number of Topliss-reactive ketones (excluding diaryl/α,β-unsaturated/α-hetero) is 4. The molecule has 0 aromatic heterocycles. The molecule has 2 amide bonds. The van der Waals surface area contributed by atoms with Gasteiger partial charge >= 0.3 is 17.9 Å². The van der Waals surface area contributed by atoms with Gasteiger partial charge in [-0.2, -0.15) is 0 Å². The van der Waals surface area contributed by atoms with Gasteiger partial charge in [0.25, 0.3) is 29.2 Å². The fourth-order valence-corrected chi connectivity index (χ4v) is 20.5. The summed E-state index contributed by atoms with van der Waals surface area (Å²) in [5.74, 6) is -5.34. The third-order valence-electron chi connectivity index (χ3n) is 23.6. The molecule has 1 aliphatic heterocycles. The number of aliphatic hydroxyl groups excluding tert-OH is 1. The molecule has 0 bridgehead atoms. The van der Waals surface area contributed by atoms with Crippen LogP contribution in [0.4, 0.5) is 0 Å². The Hall–Kier alpha value is -12.6. The number of benzene rings is 17. The standard InChI is InChI=1S/C23H17NO6.C15H13BrO3.C15H14O3.C11H8BrI.2C11H9BrO.C11H7BrO.C11H9Br.C10H10O/c1-2-29-23(28)20(25)16-12-11-14-7-3-4-8-15(14)19(16)13-30-24-21(26)17-9-5-6-10-18(17)22(24)27;1-2-19-15(18)14(17)12-8-7-10-5-3-4-6-11(10)13(12)9-16;1-3-18-15(17)14(16)13-9-8-11-6-4-5-7-12(11)10(13)2;4*12-11-6-5-8-3-1-2-4-9(8)10(11)7-13;1-8-10-5-3-2-4-9(10)6-7-11(8)12;11-10-6-5-8-3-1-2-4-9(8)7-10/h3-12H,2,13H2,1H3;3-8H,2,9H2,1H3;4-9H,3H2,1-2H3;1-6H,7H2;1-4,7H,5-6H2;1-6,13H,7H2;1-7H;2-7H,1H3;1-4H,5-7H2. The number of allylic oxidation sites excluding steroid dienone is 2. The Morgan fingerprint density at radius 2 is 0.697 bits per heavy atom. The molecule has 0 saturated carbocycles. The van der Waals surface area contributed by atoms with Crippen molar-refractivity contribution in [3.8, 4) is 0 Å². The summed E-state index contributed by atoms with van der Waals surface area (Å²) in [5, 5.41) is 25.6. The summed E-state index contributed by atoms with van der Waals surface area (Å²) in [4.78, 5) is 135. The van der Waals surface area contributed by atoms with E-state index in [1.807, 2.05) is 189 Å². The Kier molecular flexibility index (Phi) is 40.8. The van der Waals surface area contributed by atoms with Crippen LogP contribution in [0.2, 0.25) is 0 Å². The van der Waals surface area contributed by atoms with Crippen molar-refractivity contribution in [1.82, 2.24) is 5.06 Å². The molecular weight excluding hydrogens is 2290 g/mol. The molecule has 17 aromatic carbocycles. The number of esters is 3. The summed E-state index contributed by atoms with van der Waals surface area (Å²) in [6.07, 6.45) is 6.09. The summed E-state index contributed by atoms with van der Waals surface area (Å²) in [7, 11) is 0. The molecule has 2 aliphatic carbocycles. The highest BCUT2D eigenvalue weighted by Gasteiger charge is 2.37. The van der Waals surface area contributed by atoms with E-state index < -0.39 is 47.1 Å². The van der Waals surface area contributed by atoms with Crippen molar-refractivity contribution in [3.05, 3.63) is 439 Å². The van der Waals surface area contributed by atoms with Crippen molar-refractivity contribution in [2.75, 3.05) is 19.8 Å². The molecule has 0 unspecified atom stereocenters. The minimum atomic E-state index is -0.977. The number of hydrogen-bond donors (Lipinski definition) is 1. The van der Waals surface area contributed by atoms with E-state index in [0.29, 0.717) is 44.7 Å². The number of rotatable bonds is 17. The van der Waals surface area contributed by atoms with Gasteiger partial charge in [-0.15, -0.1) is 5.06 Å². The normalized spacial score (nSPS) is 11.9. The number of imide groups is 1. The Labute approximate surface area is 886 Å². The minimum Gasteiger partial charge on any atom is -0.460 e. The quantitative estimate of drug-likeness (QED) is 0.0130. The summed E-state index contributed by atoms with van der Waals surface area (Å²) in [6.45, 7) is 9.22. The Morgan fingerprint density at radius 1 is 0.352 bits per heavy atom. The van der Waals surface area contributed by atoms with E-state index in [4.69, 9.17) is 19.0 Å². The zero-order valence-electron chi connectivity index (χ0n) is 78.0. The molecule has 17 nitrogen and oxygen atoms in total. The number of ketones is 4. The second-order valence-corrected chi connectivity index (χ2v) is 37.8. The van der Waals surface area contributed by atoms with Crippen LogP contribution in [-0.4, -0.2) is 95.4 Å². The third kappa shape index (κ3) is 27.0. The molecule has 1 N–H and O–H groups in total. The molecule has 1 heterocycles. The van der Waals surface area contributed by atoms with Gasteiger partial charge in [-0.05, 0) is 240 Å². The number of aliphatic hydroxyl groups is 1. The van der Waals surface area contributed by atoms with Gasteiger partial charge in [-0.25, -0.2) is 14.4 Å². The first-order chi connectivity index (χ1) is 68.8. The number of aryl methyl sites for hydroxylation is 4. The number of nitrogens with zero attached hydrogens (tertiary/aromatic N) is 1. The van der Waals surface area contributed by atoms with Crippen LogP contribution in [-0.2, 0) is 85.3 Å². The highest BCUT2D eigenvalue weighted by molar-refractivity contribution is 14.1. The number of halogens is 7. The zero-order chi connectivity index (χ0) is 101. The fraction of sp³-hybridized carbons (Fsp3) is 0.144. The van der Waals surface area contributed by atoms with Crippen LogP contribution in [0.1, 0.15) is 151 Å². The van der Waals surface area contributed by atoms with E-state index in [9.17, 15) is 57.8 Å². The van der Waals surface area contributed by atoms with Crippen molar-refractivity contribution >= 4 is 265 Å². The molecular formula is C118H96Br6INO16. The lowest BCUT2D eigenvalue weighted by Crippen LogP contribution is -2.30. The van der Waals surface area contributed by atoms with Crippen LogP contribution in [0.15, 0.2) is 350 Å². The maximum Gasteiger partial charge on any atom is 0.379 e. The number of alkyl halides is 2. The molecule has 20 rings (SSSR count). The van der Waals surface area contributed by atoms with E-state index in [1.165, 1.54) is 64.4 Å². The lowest BCUT2D eigenvalue weighted by molar-refractivity contribution is -0.138. The monoisotopic (exact) mass is 2380 g/mol. The van der Waals surface area contributed by atoms with Crippen LogP contribution in [0.25, 0.3) is 81.0 Å². The van der Waals surface area contributed by atoms with Gasteiger partial charge in [-0.1, -0.05) is 391 Å². The van der Waals surface area contributed by atoms with Gasteiger partial charge in [0, 0.05) is 72.8 Å². The van der Waals surface area contributed by atoms with Crippen molar-refractivity contribution in [2.45, 2.75) is 89.7 Å². The number of carbonyl (C=O) groups is 11. The largest absolute Gasteiger partial charge is 0.460 e. The van der Waals surface area contributed by atoms with Crippen LogP contribution in [0.3, 0.4) is 0 Å². The average Bonchev–Trinajstić information content (AvgIpc) is 1.58. The topological polar surface area (TPSA) is 248 Å². The highest BCUT2D eigenvalue weighted by atomic mass is 127. The zero-order valence-corrected chi connectivity index (χ0v) is 89.7. The van der Waals surface area contributed by atoms with E-state index >= 15 is 0 Å². The molecule has 142 heavy (non-hydrogen) atoms. The lowest BCUT2D eigenvalue weighted by Gasteiger charge is -2.16. The van der Waals surface area contributed by atoms with Gasteiger partial charge in [-0.3, -0.25) is 43.2 Å². The summed E-state index contributed by atoms with van der Waals surface area (Å²) >= 11 is 23.1. The second kappa shape index (κ2) is 53.5. The third-order valence-corrected chi connectivity index (χ3v) is 28.7. The number of hydrogen-bond acceptors (Lipinski definition) is 16. The first-order valence-corrected chi connectivity index (χ1v) is 52.0. The van der Waals surface area contributed by atoms with Gasteiger partial charge in [0.2, 0.25) is 0 Å². The maximum absolute atomic E-state index is 12.6. The SMILES string of the molecule is Brc1ccc2ccccc2c1CI.CCOC(=O)C(=O)c1ccc2ccccc2c1C.CCOC(=O)C(=O)c1ccc2ccccc2c1CBr.CCOC(=O)C(=O)c1ccc2ccccc2c1CON1C(=O)c2ccccc2C1=O.Cc1c(Br)ccc2ccccc12.O=C1CCc2ccccc2C1.O=CC1=C(Br)CCc2ccccc21.O=Cc1c(Br)ccc2ccccc12.OCc1c(Br)ccc2ccccc12. The summed E-state index contributed by atoms with van der Waals surface area (Å²) < 4.78 is 20.6. The van der Waals surface area contributed by atoms with Crippen molar-refractivity contribution in [2.24, 2.45) is 0 Å². The van der Waals surface area contributed by atoms with Crippen molar-refractivity contribution in [1.29, 1.82) is 0 Å². The lowest BCUT2D eigenvalue weighted by atomic mass is 9.91. The van der Waals surface area contributed by atoms with Gasteiger partial charge in [0.1, 0.15) is 12.4 Å². The Morgan fingerprint density at radius 3 is 1.15 bits per heavy atom. The van der Waals surface area contributed by atoms with E-state index in [2.05, 4.69) is 210 Å².